The van der Waals surface area contributed by atoms with Gasteiger partial charge in [0, 0.05) is 5.92 Å². The molecule has 0 saturated heterocycles. The Morgan fingerprint density at radius 2 is 1.95 bits per heavy atom. The highest BCUT2D eigenvalue weighted by Gasteiger charge is 2.48. The fraction of sp³-hybridized carbons (Fsp3) is 0.429. The highest BCUT2D eigenvalue weighted by molar-refractivity contribution is 5.96. The van der Waals surface area contributed by atoms with Crippen molar-refractivity contribution in [2.24, 2.45) is 11.0 Å². The summed E-state index contributed by atoms with van der Waals surface area (Å²) in [7, 11) is 1.18. The van der Waals surface area contributed by atoms with Crippen LogP contribution in [0.4, 0.5) is 18.9 Å². The number of aromatic hydroxyl groups is 1. The molecule has 120 valence electrons. The smallest absolute Gasteiger partial charge is 0.431 e. The van der Waals surface area contributed by atoms with Crippen LogP contribution in [0.5, 0.6) is 5.75 Å². The zero-order chi connectivity index (χ0) is 16.5. The van der Waals surface area contributed by atoms with Gasteiger partial charge in [0.15, 0.2) is 0 Å². The van der Waals surface area contributed by atoms with Gasteiger partial charge in [-0.2, -0.15) is 18.3 Å². The molecule has 2 atom stereocenters. The van der Waals surface area contributed by atoms with Crippen molar-refractivity contribution in [2.45, 2.75) is 25.6 Å². The minimum absolute atomic E-state index is 0.0134. The average molecular weight is 316 g/mol. The summed E-state index contributed by atoms with van der Waals surface area (Å²) in [4.78, 5) is 11.5. The molecule has 0 aromatic heterocycles. The van der Waals surface area contributed by atoms with E-state index in [1.807, 2.05) is 0 Å². The van der Waals surface area contributed by atoms with Gasteiger partial charge in [-0.1, -0.05) is 6.92 Å². The lowest BCUT2D eigenvalue weighted by Gasteiger charge is -2.25. The predicted octanol–water partition coefficient (Wildman–Crippen LogP) is 2.70. The molecule has 5 nitrogen and oxygen atoms in total. The molecule has 0 spiro atoms. The first-order valence-corrected chi connectivity index (χ1v) is 6.54. The number of hydrazone groups is 1. The molecule has 8 heteroatoms. The van der Waals surface area contributed by atoms with Crippen LogP contribution in [0.3, 0.4) is 0 Å². The fourth-order valence-corrected chi connectivity index (χ4v) is 2.36. The third kappa shape index (κ3) is 3.15. The Labute approximate surface area is 125 Å². The summed E-state index contributed by atoms with van der Waals surface area (Å²) in [6, 6.07) is 4.77. The summed E-state index contributed by atoms with van der Waals surface area (Å²) >= 11 is 0. The summed E-state index contributed by atoms with van der Waals surface area (Å²) in [6.07, 6.45) is -4.79. The van der Waals surface area contributed by atoms with E-state index in [-0.39, 0.29) is 12.2 Å². The number of phenolic OH excluding ortho intramolecular Hbond substituents is 1. The van der Waals surface area contributed by atoms with E-state index in [0.29, 0.717) is 5.69 Å². The van der Waals surface area contributed by atoms with Gasteiger partial charge < -0.3 is 9.84 Å². The van der Waals surface area contributed by atoms with Gasteiger partial charge in [0.2, 0.25) is 0 Å². The Kier molecular flexibility index (Phi) is 4.30. The Morgan fingerprint density at radius 3 is 2.45 bits per heavy atom. The molecule has 1 heterocycles. The molecule has 0 saturated carbocycles. The summed E-state index contributed by atoms with van der Waals surface area (Å²) in [6.45, 7) is 1.38. The summed E-state index contributed by atoms with van der Waals surface area (Å²) in [5.74, 6) is -1.60. The zero-order valence-corrected chi connectivity index (χ0v) is 12.0. The van der Waals surface area contributed by atoms with Crippen molar-refractivity contribution in [3.8, 4) is 5.75 Å². The van der Waals surface area contributed by atoms with Crippen molar-refractivity contribution in [1.29, 1.82) is 0 Å². The normalized spacial score (nSPS) is 21.7. The van der Waals surface area contributed by atoms with E-state index in [9.17, 15) is 23.1 Å². The minimum atomic E-state index is -4.57. The van der Waals surface area contributed by atoms with Gasteiger partial charge >= 0.3 is 12.1 Å². The van der Waals surface area contributed by atoms with E-state index in [1.165, 1.54) is 38.3 Å². The first-order chi connectivity index (χ1) is 10.2. The highest BCUT2D eigenvalue weighted by atomic mass is 19.4. The number of hydrogen-bond acceptors (Lipinski definition) is 5. The number of carbonyl (C=O) groups excluding carboxylic acids is 1. The molecule has 0 bridgehead atoms. The van der Waals surface area contributed by atoms with Crippen molar-refractivity contribution in [3.05, 3.63) is 24.3 Å². The second-order valence-corrected chi connectivity index (χ2v) is 4.98. The lowest BCUT2D eigenvalue weighted by atomic mass is 9.94. The third-order valence-corrected chi connectivity index (χ3v) is 3.55. The molecular formula is C14H15F3N2O3. The molecular weight excluding hydrogens is 301 g/mol. The number of hydrogen-bond donors (Lipinski definition) is 1. The summed E-state index contributed by atoms with van der Waals surface area (Å²) < 4.78 is 43.7. The number of ether oxygens (including phenoxy) is 1. The number of carbonyl (C=O) groups is 1. The average Bonchev–Trinajstić information content (AvgIpc) is 2.77. The van der Waals surface area contributed by atoms with Crippen LogP contribution in [0.2, 0.25) is 0 Å². The van der Waals surface area contributed by atoms with Gasteiger partial charge in [0.1, 0.15) is 11.5 Å². The Balaban J connectivity index is 2.38. The van der Waals surface area contributed by atoms with Crippen LogP contribution in [-0.2, 0) is 9.53 Å². The molecule has 1 aromatic rings. The van der Waals surface area contributed by atoms with Crippen molar-refractivity contribution in [2.75, 3.05) is 12.1 Å². The number of benzene rings is 1. The van der Waals surface area contributed by atoms with Crippen molar-refractivity contribution in [3.63, 3.8) is 0 Å². The quantitative estimate of drug-likeness (QED) is 0.871. The number of anilines is 1. The summed E-state index contributed by atoms with van der Waals surface area (Å²) in [5, 5.41) is 14.1. The number of halogens is 3. The van der Waals surface area contributed by atoms with E-state index in [0.717, 1.165) is 5.01 Å². The molecule has 0 aliphatic carbocycles. The van der Waals surface area contributed by atoms with Gasteiger partial charge in [0.05, 0.1) is 25.3 Å². The summed E-state index contributed by atoms with van der Waals surface area (Å²) in [5.41, 5.74) is -0.577. The van der Waals surface area contributed by atoms with Crippen LogP contribution < -0.4 is 5.01 Å². The molecule has 2 rings (SSSR count). The van der Waals surface area contributed by atoms with Crippen molar-refractivity contribution < 1.29 is 27.8 Å². The number of alkyl halides is 3. The third-order valence-electron chi connectivity index (χ3n) is 3.55. The van der Waals surface area contributed by atoms with E-state index >= 15 is 0 Å². The van der Waals surface area contributed by atoms with Crippen LogP contribution in [0.25, 0.3) is 0 Å². The maximum atomic E-state index is 13.0. The Morgan fingerprint density at radius 1 is 1.36 bits per heavy atom. The van der Waals surface area contributed by atoms with Crippen molar-refractivity contribution in [1.82, 2.24) is 0 Å². The molecule has 1 aliphatic rings. The SMILES string of the molecule is COC(=O)C[C@H]1[C@H](C)C(C(F)(F)F)=NN1c1ccc(O)cc1. The first kappa shape index (κ1) is 16.1. The molecule has 22 heavy (non-hydrogen) atoms. The number of phenols is 1. The molecule has 0 unspecified atom stereocenters. The minimum Gasteiger partial charge on any atom is -0.508 e. The van der Waals surface area contributed by atoms with Crippen LogP contribution in [0.1, 0.15) is 13.3 Å². The highest BCUT2D eigenvalue weighted by Crippen LogP contribution is 2.36. The largest absolute Gasteiger partial charge is 0.508 e. The van der Waals surface area contributed by atoms with Crippen LogP contribution >= 0.6 is 0 Å². The lowest BCUT2D eigenvalue weighted by molar-refractivity contribution is -0.141. The Bertz CT molecular complexity index is 584. The maximum absolute atomic E-state index is 13.0. The predicted molar refractivity (Wildman–Crippen MR) is 73.7 cm³/mol. The van der Waals surface area contributed by atoms with Gasteiger partial charge in [0.25, 0.3) is 0 Å². The zero-order valence-electron chi connectivity index (χ0n) is 12.0. The topological polar surface area (TPSA) is 62.1 Å². The first-order valence-electron chi connectivity index (χ1n) is 6.54. The number of nitrogens with zero attached hydrogens (tertiary/aromatic N) is 2. The van der Waals surface area contributed by atoms with Gasteiger partial charge in [-0.05, 0) is 24.3 Å². The molecule has 0 radical (unpaired) electrons. The van der Waals surface area contributed by atoms with E-state index < -0.39 is 29.8 Å². The monoisotopic (exact) mass is 316 g/mol. The fourth-order valence-electron chi connectivity index (χ4n) is 2.36. The lowest BCUT2D eigenvalue weighted by Crippen LogP contribution is -2.37. The van der Waals surface area contributed by atoms with Crippen LogP contribution in [0.15, 0.2) is 29.4 Å². The van der Waals surface area contributed by atoms with Gasteiger partial charge in [-0.15, -0.1) is 0 Å². The molecule has 0 amide bonds. The molecule has 1 aliphatic heterocycles. The van der Waals surface area contributed by atoms with Crippen molar-refractivity contribution >= 4 is 17.4 Å². The maximum Gasteiger partial charge on any atom is 0.431 e. The Hall–Kier alpha value is -2.25. The molecule has 1 N–H and O–H groups in total. The van der Waals surface area contributed by atoms with Gasteiger partial charge in [-0.3, -0.25) is 9.80 Å². The molecule has 1 aromatic carbocycles. The van der Waals surface area contributed by atoms with Crippen LogP contribution in [0, 0.1) is 5.92 Å². The number of rotatable bonds is 3. The van der Waals surface area contributed by atoms with E-state index in [1.54, 1.807) is 0 Å². The number of methoxy groups -OCH3 is 1. The second-order valence-electron chi connectivity index (χ2n) is 4.98. The standard InChI is InChI=1S/C14H15F3N2O3/c1-8-11(7-12(21)22-2)19(18-13(8)14(15,16)17)9-3-5-10(20)6-4-9/h3-6,8,11,20H,7H2,1-2H3/t8-,11-/m0/s1. The van der Waals surface area contributed by atoms with E-state index in [4.69, 9.17) is 0 Å². The van der Waals surface area contributed by atoms with E-state index in [2.05, 4.69) is 9.84 Å². The second kappa shape index (κ2) is 5.86. The molecule has 0 fully saturated rings. The van der Waals surface area contributed by atoms with Crippen LogP contribution in [-0.4, -0.2) is 36.1 Å². The number of esters is 1. The van der Waals surface area contributed by atoms with Gasteiger partial charge in [-0.25, -0.2) is 0 Å².